The van der Waals surface area contributed by atoms with Crippen molar-refractivity contribution < 1.29 is 19.4 Å². The van der Waals surface area contributed by atoms with Crippen molar-refractivity contribution in [1.29, 1.82) is 0 Å². The summed E-state index contributed by atoms with van der Waals surface area (Å²) in [5, 5.41) is 15.2. The molecule has 2 aliphatic heterocycles. The average Bonchev–Trinajstić information content (AvgIpc) is 3.39. The van der Waals surface area contributed by atoms with Gasteiger partial charge in [-0.1, -0.05) is 54.6 Å². The summed E-state index contributed by atoms with van der Waals surface area (Å²) in [5.41, 5.74) is 2.33. The molecule has 1 aromatic heterocycles. The molecular formula is C30H37N3O4. The molecule has 2 aromatic carbocycles. The van der Waals surface area contributed by atoms with Gasteiger partial charge < -0.3 is 19.5 Å². The summed E-state index contributed by atoms with van der Waals surface area (Å²) in [6.45, 7) is 7.67. The van der Waals surface area contributed by atoms with E-state index in [4.69, 9.17) is 9.47 Å². The van der Waals surface area contributed by atoms with Gasteiger partial charge in [0.25, 0.3) is 0 Å². The Bertz CT molecular complexity index is 1200. The van der Waals surface area contributed by atoms with E-state index in [1.807, 2.05) is 43.5 Å². The minimum Gasteiger partial charge on any atom is -0.438 e. The molecule has 7 nitrogen and oxygen atoms in total. The van der Waals surface area contributed by atoms with E-state index >= 15 is 0 Å². The highest BCUT2D eigenvalue weighted by molar-refractivity contribution is 5.70. The zero-order valence-electron chi connectivity index (χ0n) is 22.0. The molecule has 2 fully saturated rings. The smallest absolute Gasteiger partial charge is 0.411 e. The number of carbonyl (C=O) groups is 1. The Hall–Kier alpha value is -3.16. The van der Waals surface area contributed by atoms with Crippen molar-refractivity contribution in [1.82, 2.24) is 14.7 Å². The standard InChI is InChI=1S/C30H37N3O4/c1-22(23-9-11-24(12-10-23)25-19-31-33(20-25)27-13-17-36-18-14-27)32-16-15-30(37-28(32)34,21-29(2,3)35)26-7-5-4-6-8-26/h4-12,19-20,22,27,35H,13-18,21H2,1-3H3. The van der Waals surface area contributed by atoms with Crippen LogP contribution in [0.25, 0.3) is 11.1 Å². The van der Waals surface area contributed by atoms with Crippen molar-refractivity contribution in [2.45, 2.75) is 69.7 Å². The van der Waals surface area contributed by atoms with Crippen LogP contribution >= 0.6 is 0 Å². The van der Waals surface area contributed by atoms with E-state index in [0.717, 1.165) is 48.3 Å². The van der Waals surface area contributed by atoms with Gasteiger partial charge in [-0.05, 0) is 50.3 Å². The minimum atomic E-state index is -0.974. The molecule has 7 heteroatoms. The zero-order chi connectivity index (χ0) is 26.0. The molecule has 2 atom stereocenters. The Kier molecular flexibility index (Phi) is 7.10. The highest BCUT2D eigenvalue weighted by Gasteiger charge is 2.46. The first-order valence-corrected chi connectivity index (χ1v) is 13.2. The molecule has 3 aromatic rings. The van der Waals surface area contributed by atoms with Gasteiger partial charge in [0, 0.05) is 44.4 Å². The second kappa shape index (κ2) is 10.3. The summed E-state index contributed by atoms with van der Waals surface area (Å²) in [5.74, 6) is 0. The normalized spacial score (nSPS) is 22.1. The Balaban J connectivity index is 1.29. The van der Waals surface area contributed by atoms with Gasteiger partial charge in [-0.25, -0.2) is 4.79 Å². The van der Waals surface area contributed by atoms with Crippen molar-refractivity contribution in [2.24, 2.45) is 0 Å². The highest BCUT2D eigenvalue weighted by Crippen LogP contribution is 2.42. The van der Waals surface area contributed by atoms with Crippen LogP contribution in [0.1, 0.15) is 69.7 Å². The van der Waals surface area contributed by atoms with Gasteiger partial charge in [-0.2, -0.15) is 5.10 Å². The molecule has 196 valence electrons. The summed E-state index contributed by atoms with van der Waals surface area (Å²) in [4.78, 5) is 15.1. The lowest BCUT2D eigenvalue weighted by molar-refractivity contribution is -0.101. The molecule has 5 rings (SSSR count). The summed E-state index contributed by atoms with van der Waals surface area (Å²) in [6.07, 6.45) is 6.61. The number of aliphatic hydroxyl groups is 1. The number of carbonyl (C=O) groups excluding carboxylic acids is 1. The van der Waals surface area contributed by atoms with Crippen LogP contribution < -0.4 is 0 Å². The van der Waals surface area contributed by atoms with Crippen LogP contribution in [0, 0.1) is 0 Å². The van der Waals surface area contributed by atoms with Crippen molar-refractivity contribution >= 4 is 6.09 Å². The molecule has 3 heterocycles. The Morgan fingerprint density at radius 2 is 1.78 bits per heavy atom. The van der Waals surface area contributed by atoms with Crippen molar-refractivity contribution in [3.8, 4) is 11.1 Å². The van der Waals surface area contributed by atoms with E-state index < -0.39 is 11.2 Å². The van der Waals surface area contributed by atoms with E-state index in [0.29, 0.717) is 25.4 Å². The molecule has 1 amide bonds. The number of cyclic esters (lactones) is 1. The maximum atomic E-state index is 13.3. The summed E-state index contributed by atoms with van der Waals surface area (Å²) in [7, 11) is 0. The molecule has 2 saturated heterocycles. The Labute approximate surface area is 219 Å². The lowest BCUT2D eigenvalue weighted by Gasteiger charge is -2.45. The van der Waals surface area contributed by atoms with E-state index in [2.05, 4.69) is 40.2 Å². The second-order valence-electron chi connectivity index (χ2n) is 11.0. The summed E-state index contributed by atoms with van der Waals surface area (Å²) < 4.78 is 13.7. The Morgan fingerprint density at radius 3 is 2.43 bits per heavy atom. The molecule has 0 radical (unpaired) electrons. The SMILES string of the molecule is CC(c1ccc(-c2cnn(C3CCOCC3)c2)cc1)N1CCC(CC(C)(C)O)(c2ccccc2)OC1=O. The van der Waals surface area contributed by atoms with Crippen molar-refractivity contribution in [2.75, 3.05) is 19.8 Å². The van der Waals surface area contributed by atoms with Gasteiger partial charge in [0.15, 0.2) is 0 Å². The zero-order valence-corrected chi connectivity index (χ0v) is 22.0. The first-order valence-electron chi connectivity index (χ1n) is 13.2. The van der Waals surface area contributed by atoms with E-state index in [1.165, 1.54) is 0 Å². The number of hydrogen-bond acceptors (Lipinski definition) is 5. The number of amides is 1. The van der Waals surface area contributed by atoms with E-state index in [9.17, 15) is 9.90 Å². The maximum absolute atomic E-state index is 13.3. The molecule has 2 unspecified atom stereocenters. The summed E-state index contributed by atoms with van der Waals surface area (Å²) >= 11 is 0. The van der Waals surface area contributed by atoms with Gasteiger partial charge >= 0.3 is 6.09 Å². The minimum absolute atomic E-state index is 0.137. The third-order valence-corrected chi connectivity index (χ3v) is 7.65. The van der Waals surface area contributed by atoms with Crippen LogP contribution in [0.5, 0.6) is 0 Å². The second-order valence-corrected chi connectivity index (χ2v) is 11.0. The molecule has 0 bridgehead atoms. The van der Waals surface area contributed by atoms with Crippen molar-refractivity contribution in [3.63, 3.8) is 0 Å². The first kappa shape index (κ1) is 25.5. The van der Waals surface area contributed by atoms with Gasteiger partial charge in [-0.3, -0.25) is 4.68 Å². The van der Waals surface area contributed by atoms with Crippen LogP contribution in [0.2, 0.25) is 0 Å². The quantitative estimate of drug-likeness (QED) is 0.437. The topological polar surface area (TPSA) is 76.8 Å². The highest BCUT2D eigenvalue weighted by atomic mass is 16.6. The molecule has 1 N–H and O–H groups in total. The van der Waals surface area contributed by atoms with Crippen molar-refractivity contribution in [3.05, 3.63) is 78.1 Å². The predicted octanol–water partition coefficient (Wildman–Crippen LogP) is 5.86. The largest absolute Gasteiger partial charge is 0.438 e. The number of aromatic nitrogens is 2. The average molecular weight is 504 g/mol. The fraction of sp³-hybridized carbons (Fsp3) is 0.467. The third-order valence-electron chi connectivity index (χ3n) is 7.65. The number of hydrogen-bond donors (Lipinski definition) is 1. The molecule has 0 aliphatic carbocycles. The van der Waals surface area contributed by atoms with Crippen LogP contribution in [-0.4, -0.2) is 51.2 Å². The molecular weight excluding hydrogens is 466 g/mol. The van der Waals surface area contributed by atoms with Gasteiger partial charge in [0.05, 0.1) is 23.9 Å². The first-order chi connectivity index (χ1) is 17.7. The fourth-order valence-corrected chi connectivity index (χ4v) is 5.66. The fourth-order valence-electron chi connectivity index (χ4n) is 5.66. The van der Waals surface area contributed by atoms with Gasteiger partial charge in [0.1, 0.15) is 5.60 Å². The molecule has 37 heavy (non-hydrogen) atoms. The molecule has 0 spiro atoms. The lowest BCUT2D eigenvalue weighted by Crippen LogP contribution is -2.51. The van der Waals surface area contributed by atoms with E-state index in [-0.39, 0.29) is 12.1 Å². The maximum Gasteiger partial charge on any atom is 0.411 e. The van der Waals surface area contributed by atoms with Gasteiger partial charge in [0.2, 0.25) is 0 Å². The van der Waals surface area contributed by atoms with E-state index in [1.54, 1.807) is 18.7 Å². The Morgan fingerprint density at radius 1 is 1.08 bits per heavy atom. The lowest BCUT2D eigenvalue weighted by atomic mass is 9.80. The van der Waals surface area contributed by atoms with Crippen LogP contribution in [0.15, 0.2) is 67.0 Å². The van der Waals surface area contributed by atoms with Crippen LogP contribution in [0.4, 0.5) is 4.79 Å². The third kappa shape index (κ3) is 5.58. The number of rotatable bonds is 7. The summed E-state index contributed by atoms with van der Waals surface area (Å²) in [6, 6.07) is 18.4. The van der Waals surface area contributed by atoms with Crippen LogP contribution in [0.3, 0.4) is 0 Å². The van der Waals surface area contributed by atoms with Gasteiger partial charge in [-0.15, -0.1) is 0 Å². The van der Waals surface area contributed by atoms with Crippen LogP contribution in [-0.2, 0) is 15.1 Å². The number of ether oxygens (including phenoxy) is 2. The number of nitrogens with zero attached hydrogens (tertiary/aromatic N) is 3. The molecule has 2 aliphatic rings. The monoisotopic (exact) mass is 503 g/mol. The number of benzene rings is 2. The predicted molar refractivity (Wildman–Crippen MR) is 142 cm³/mol. The molecule has 0 saturated carbocycles.